The van der Waals surface area contributed by atoms with Crippen LogP contribution in [0.3, 0.4) is 0 Å². The van der Waals surface area contributed by atoms with Crippen molar-refractivity contribution in [2.24, 2.45) is 0 Å². The molecule has 90 valence electrons. The second-order valence-electron chi connectivity index (χ2n) is 4.90. The number of hydrogen-bond donors (Lipinski definition) is 0. The predicted molar refractivity (Wildman–Crippen MR) is 71.8 cm³/mol. The quantitative estimate of drug-likeness (QED) is 0.693. The third kappa shape index (κ3) is 3.55. The van der Waals surface area contributed by atoms with Crippen molar-refractivity contribution in [3.8, 4) is 0 Å². The van der Waals surface area contributed by atoms with E-state index in [4.69, 9.17) is 0 Å². The first-order chi connectivity index (χ1) is 8.25. The molecule has 2 rings (SSSR count). The lowest BCUT2D eigenvalue weighted by Gasteiger charge is -2.06. The van der Waals surface area contributed by atoms with Gasteiger partial charge in [-0.2, -0.15) is 0 Å². The molecular weight excluding hydrogens is 206 g/mol. The van der Waals surface area contributed by atoms with E-state index in [1.54, 1.807) is 0 Å². The Morgan fingerprint density at radius 2 is 2.12 bits per heavy atom. The maximum atomic E-state index is 2.38. The van der Waals surface area contributed by atoms with E-state index in [2.05, 4.69) is 55.0 Å². The molecule has 1 heteroatoms. The molecule has 0 unspecified atom stereocenters. The van der Waals surface area contributed by atoms with Gasteiger partial charge in [-0.05, 0) is 31.7 Å². The topological polar surface area (TPSA) is 3.88 Å². The molecule has 0 aromatic carbocycles. The van der Waals surface area contributed by atoms with Crippen molar-refractivity contribution < 1.29 is 4.57 Å². The molecule has 0 saturated heterocycles. The average molecular weight is 228 g/mol. The van der Waals surface area contributed by atoms with Crippen molar-refractivity contribution in [2.75, 3.05) is 0 Å². The van der Waals surface area contributed by atoms with E-state index < -0.39 is 0 Å². The lowest BCUT2D eigenvalue weighted by Crippen LogP contribution is -2.36. The van der Waals surface area contributed by atoms with Crippen LogP contribution in [0.1, 0.15) is 36.9 Å². The molecule has 1 aromatic rings. The van der Waals surface area contributed by atoms with Gasteiger partial charge in [0.15, 0.2) is 11.9 Å². The third-order valence-corrected chi connectivity index (χ3v) is 3.34. The van der Waals surface area contributed by atoms with Crippen LogP contribution in [0.2, 0.25) is 0 Å². The van der Waals surface area contributed by atoms with E-state index in [0.717, 1.165) is 6.54 Å². The summed E-state index contributed by atoms with van der Waals surface area (Å²) in [5.41, 5.74) is 4.22. The van der Waals surface area contributed by atoms with Crippen LogP contribution in [0.25, 0.3) is 0 Å². The van der Waals surface area contributed by atoms with Crippen LogP contribution in [0.5, 0.6) is 0 Å². The first-order valence-corrected chi connectivity index (χ1v) is 6.58. The number of nitrogens with zero attached hydrogens (tertiary/aromatic N) is 1. The van der Waals surface area contributed by atoms with Gasteiger partial charge in [-0.3, -0.25) is 0 Å². The normalized spacial score (nSPS) is 14.8. The highest BCUT2D eigenvalue weighted by Crippen LogP contribution is 2.14. The minimum atomic E-state index is 1.12. The molecule has 1 heterocycles. The molecule has 1 aliphatic rings. The van der Waals surface area contributed by atoms with Crippen molar-refractivity contribution in [1.29, 1.82) is 0 Å². The Labute approximate surface area is 104 Å². The first-order valence-electron chi connectivity index (χ1n) is 6.58. The van der Waals surface area contributed by atoms with Crippen molar-refractivity contribution in [2.45, 2.75) is 46.1 Å². The maximum absolute atomic E-state index is 2.38. The van der Waals surface area contributed by atoms with Crippen LogP contribution < -0.4 is 4.57 Å². The molecule has 0 saturated carbocycles. The zero-order valence-corrected chi connectivity index (χ0v) is 10.9. The Kier molecular flexibility index (Phi) is 4.13. The van der Waals surface area contributed by atoms with Gasteiger partial charge < -0.3 is 0 Å². The van der Waals surface area contributed by atoms with Gasteiger partial charge in [0.1, 0.15) is 6.54 Å². The number of hydrogen-bond acceptors (Lipinski definition) is 0. The molecular formula is C16H22N+. The number of allylic oxidation sites excluding steroid dienone is 4. The molecule has 0 radical (unpaired) electrons. The molecule has 17 heavy (non-hydrogen) atoms. The highest BCUT2D eigenvalue weighted by molar-refractivity contribution is 5.21. The largest absolute Gasteiger partial charge is 0.203 e. The fourth-order valence-electron chi connectivity index (χ4n) is 2.34. The van der Waals surface area contributed by atoms with Crippen LogP contribution in [-0.2, 0) is 6.54 Å². The van der Waals surface area contributed by atoms with E-state index in [9.17, 15) is 0 Å². The molecule has 0 N–H and O–H groups in total. The molecule has 0 bridgehead atoms. The van der Waals surface area contributed by atoms with Crippen LogP contribution in [0.4, 0.5) is 0 Å². The summed E-state index contributed by atoms with van der Waals surface area (Å²) in [5.74, 6) is 0. The van der Waals surface area contributed by atoms with Crippen molar-refractivity contribution in [3.05, 3.63) is 53.4 Å². The van der Waals surface area contributed by atoms with E-state index in [1.165, 1.54) is 42.5 Å². The van der Waals surface area contributed by atoms with Gasteiger partial charge in [0.2, 0.25) is 0 Å². The van der Waals surface area contributed by atoms with Gasteiger partial charge in [-0.25, -0.2) is 4.57 Å². The maximum Gasteiger partial charge on any atom is 0.178 e. The minimum Gasteiger partial charge on any atom is -0.203 e. The predicted octanol–water partition coefficient (Wildman–Crippen LogP) is 3.65. The SMILES string of the molecule is Cc1cc[n+](CCCC2=CCCC=C2)c(C)c1. The lowest BCUT2D eigenvalue weighted by atomic mass is 10.0. The summed E-state index contributed by atoms with van der Waals surface area (Å²) in [7, 11) is 0. The van der Waals surface area contributed by atoms with Crippen molar-refractivity contribution in [3.63, 3.8) is 0 Å². The summed E-state index contributed by atoms with van der Waals surface area (Å²) in [6.07, 6.45) is 14.0. The Morgan fingerprint density at radius 1 is 1.24 bits per heavy atom. The van der Waals surface area contributed by atoms with Crippen LogP contribution in [0, 0.1) is 13.8 Å². The second kappa shape index (κ2) is 5.81. The Hall–Kier alpha value is -1.37. The van der Waals surface area contributed by atoms with Gasteiger partial charge in [-0.1, -0.05) is 23.8 Å². The average Bonchev–Trinajstić information content (AvgIpc) is 2.33. The second-order valence-corrected chi connectivity index (χ2v) is 4.90. The molecule has 0 atom stereocenters. The van der Waals surface area contributed by atoms with E-state index in [1.807, 2.05) is 0 Å². The van der Waals surface area contributed by atoms with Gasteiger partial charge in [0.05, 0.1) is 0 Å². The fourth-order valence-corrected chi connectivity index (χ4v) is 2.34. The summed E-state index contributed by atoms with van der Waals surface area (Å²) in [6.45, 7) is 5.46. The monoisotopic (exact) mass is 228 g/mol. The molecule has 0 fully saturated rings. The van der Waals surface area contributed by atoms with Gasteiger partial charge in [-0.15, -0.1) is 0 Å². The number of aryl methyl sites for hydroxylation is 3. The molecule has 0 spiro atoms. The molecule has 0 aliphatic heterocycles. The van der Waals surface area contributed by atoms with Gasteiger partial charge in [0, 0.05) is 25.5 Å². The van der Waals surface area contributed by atoms with E-state index in [0.29, 0.717) is 0 Å². The van der Waals surface area contributed by atoms with Gasteiger partial charge >= 0.3 is 0 Å². The lowest BCUT2D eigenvalue weighted by molar-refractivity contribution is -0.703. The number of rotatable bonds is 4. The summed E-state index contributed by atoms with van der Waals surface area (Å²) in [5, 5.41) is 0. The summed E-state index contributed by atoms with van der Waals surface area (Å²) in [4.78, 5) is 0. The van der Waals surface area contributed by atoms with Crippen LogP contribution in [-0.4, -0.2) is 0 Å². The van der Waals surface area contributed by atoms with Crippen LogP contribution >= 0.6 is 0 Å². The fraction of sp³-hybridized carbons (Fsp3) is 0.438. The Balaban J connectivity index is 1.85. The summed E-state index contributed by atoms with van der Waals surface area (Å²) in [6, 6.07) is 4.44. The van der Waals surface area contributed by atoms with E-state index >= 15 is 0 Å². The highest BCUT2D eigenvalue weighted by atomic mass is 14.9. The first kappa shape index (κ1) is 12.1. The smallest absolute Gasteiger partial charge is 0.178 e. The number of pyridine rings is 1. The molecule has 1 nitrogen and oxygen atoms in total. The van der Waals surface area contributed by atoms with Gasteiger partial charge in [0.25, 0.3) is 0 Å². The summed E-state index contributed by atoms with van der Waals surface area (Å²) >= 11 is 0. The summed E-state index contributed by atoms with van der Waals surface area (Å²) < 4.78 is 2.35. The van der Waals surface area contributed by atoms with Crippen molar-refractivity contribution >= 4 is 0 Å². The Morgan fingerprint density at radius 3 is 2.82 bits per heavy atom. The molecule has 1 aliphatic carbocycles. The van der Waals surface area contributed by atoms with Crippen molar-refractivity contribution in [1.82, 2.24) is 0 Å². The van der Waals surface area contributed by atoms with Crippen LogP contribution in [0.15, 0.2) is 42.1 Å². The molecule has 1 aromatic heterocycles. The molecule has 0 amide bonds. The zero-order valence-electron chi connectivity index (χ0n) is 10.9. The number of aromatic nitrogens is 1. The van der Waals surface area contributed by atoms with E-state index in [-0.39, 0.29) is 0 Å². The third-order valence-electron chi connectivity index (χ3n) is 3.34. The zero-order chi connectivity index (χ0) is 12.1. The Bertz CT molecular complexity index is 441. The standard InChI is InChI=1S/C16H22N/c1-14-10-12-17(15(2)13-14)11-6-9-16-7-4-3-5-8-16/h4,7-8,10,12-13H,3,5-6,9,11H2,1-2H3/q+1. The minimum absolute atomic E-state index is 1.12. The highest BCUT2D eigenvalue weighted by Gasteiger charge is 2.06.